The van der Waals surface area contributed by atoms with E-state index in [9.17, 15) is 5.11 Å². The molecule has 2 aromatic heterocycles. The van der Waals surface area contributed by atoms with Crippen LogP contribution < -0.4 is 10.2 Å². The van der Waals surface area contributed by atoms with Crippen LogP contribution >= 0.6 is 0 Å². The van der Waals surface area contributed by atoms with Crippen LogP contribution in [0.5, 0.6) is 0 Å². The Balaban J connectivity index is 1.62. The minimum Gasteiger partial charge on any atom is -0.387 e. The normalized spacial score (nSPS) is 22.5. The number of ether oxygens (including phenoxy) is 1. The van der Waals surface area contributed by atoms with E-state index in [2.05, 4.69) is 51.0 Å². The molecule has 1 aromatic carbocycles. The number of nitrogens with zero attached hydrogens (tertiary/aromatic N) is 4. The molecule has 2 aliphatic heterocycles. The molecule has 1 unspecified atom stereocenters. The van der Waals surface area contributed by atoms with Crippen LogP contribution in [0.3, 0.4) is 0 Å². The maximum atomic E-state index is 10.9. The van der Waals surface area contributed by atoms with Crippen LogP contribution in [-0.2, 0) is 11.3 Å². The van der Waals surface area contributed by atoms with E-state index >= 15 is 0 Å². The summed E-state index contributed by atoms with van der Waals surface area (Å²) in [5, 5.41) is 15.3. The standard InChI is InChI=1S/C22H27N5O2/c1-16-2-3-17-13-18(21(25-19(17)12-16)26-8-10-29-11-9-26)20-24-6-7-27(20)15-22(28)4-5-23-14-22/h2-3,6-7,12-13,23,28H,4-5,8-11,14-15H2,1H3. The molecule has 7 nitrogen and oxygen atoms in total. The third-order valence-corrected chi connectivity index (χ3v) is 5.91. The number of hydrogen-bond donors (Lipinski definition) is 2. The van der Waals surface area contributed by atoms with Crippen molar-refractivity contribution in [2.45, 2.75) is 25.5 Å². The summed E-state index contributed by atoms with van der Waals surface area (Å²) in [7, 11) is 0. The molecule has 0 aliphatic carbocycles. The van der Waals surface area contributed by atoms with Crippen molar-refractivity contribution < 1.29 is 9.84 Å². The van der Waals surface area contributed by atoms with Gasteiger partial charge >= 0.3 is 0 Å². The molecule has 0 saturated carbocycles. The van der Waals surface area contributed by atoms with Gasteiger partial charge in [-0.05, 0) is 37.6 Å². The van der Waals surface area contributed by atoms with Crippen molar-refractivity contribution in [1.82, 2.24) is 19.9 Å². The molecule has 0 spiro atoms. The van der Waals surface area contributed by atoms with Gasteiger partial charge in [0, 0.05) is 37.4 Å². The molecule has 0 bridgehead atoms. The van der Waals surface area contributed by atoms with Gasteiger partial charge in [-0.15, -0.1) is 0 Å². The second-order valence-electron chi connectivity index (χ2n) is 8.18. The Kier molecular flexibility index (Phi) is 4.73. The largest absolute Gasteiger partial charge is 0.387 e. The maximum Gasteiger partial charge on any atom is 0.143 e. The number of aryl methyl sites for hydroxylation is 1. The van der Waals surface area contributed by atoms with Crippen molar-refractivity contribution in [3.8, 4) is 11.4 Å². The zero-order chi connectivity index (χ0) is 19.8. The zero-order valence-electron chi connectivity index (χ0n) is 16.8. The van der Waals surface area contributed by atoms with E-state index in [0.29, 0.717) is 26.3 Å². The van der Waals surface area contributed by atoms with Crippen molar-refractivity contribution >= 4 is 16.7 Å². The lowest BCUT2D eigenvalue weighted by molar-refractivity contribution is 0.0436. The van der Waals surface area contributed by atoms with Crippen LogP contribution in [0.1, 0.15) is 12.0 Å². The van der Waals surface area contributed by atoms with Crippen LogP contribution in [0, 0.1) is 6.92 Å². The Labute approximate surface area is 170 Å². The Morgan fingerprint density at radius 3 is 2.90 bits per heavy atom. The van der Waals surface area contributed by atoms with Gasteiger partial charge in [0.05, 0.1) is 36.4 Å². The molecule has 0 radical (unpaired) electrons. The molecular formula is C22H27N5O2. The van der Waals surface area contributed by atoms with Gasteiger partial charge in [0.1, 0.15) is 11.6 Å². The average Bonchev–Trinajstić information content (AvgIpc) is 3.37. The first-order valence-corrected chi connectivity index (χ1v) is 10.3. The lowest BCUT2D eigenvalue weighted by Gasteiger charge is -2.30. The minimum absolute atomic E-state index is 0.518. The second kappa shape index (κ2) is 7.40. The predicted molar refractivity (Wildman–Crippen MR) is 113 cm³/mol. The molecule has 1 atom stereocenters. The van der Waals surface area contributed by atoms with Crippen LogP contribution in [-0.4, -0.2) is 64.6 Å². The molecule has 152 valence electrons. The number of pyridine rings is 1. The molecule has 7 heteroatoms. The first-order chi connectivity index (χ1) is 14.1. The second-order valence-corrected chi connectivity index (χ2v) is 8.18. The highest BCUT2D eigenvalue weighted by molar-refractivity contribution is 5.88. The monoisotopic (exact) mass is 393 g/mol. The lowest BCUT2D eigenvalue weighted by atomic mass is 10.0. The Morgan fingerprint density at radius 2 is 2.10 bits per heavy atom. The molecule has 2 fully saturated rings. The highest BCUT2D eigenvalue weighted by Crippen LogP contribution is 2.33. The molecule has 5 rings (SSSR count). The fraction of sp³-hybridized carbons (Fsp3) is 0.455. The molecule has 29 heavy (non-hydrogen) atoms. The summed E-state index contributed by atoms with van der Waals surface area (Å²) < 4.78 is 7.62. The van der Waals surface area contributed by atoms with Gasteiger partial charge in [-0.25, -0.2) is 9.97 Å². The number of anilines is 1. The molecular weight excluding hydrogens is 366 g/mol. The number of β-amino-alcohol motifs (C(OH)–C–C–N with tert-alkyl or cyclic N) is 1. The lowest BCUT2D eigenvalue weighted by Crippen LogP contribution is -2.37. The van der Waals surface area contributed by atoms with Crippen LogP contribution in [0.4, 0.5) is 5.82 Å². The van der Waals surface area contributed by atoms with Gasteiger partial charge in [0.25, 0.3) is 0 Å². The number of rotatable bonds is 4. The molecule has 0 amide bonds. The van der Waals surface area contributed by atoms with Gasteiger partial charge < -0.3 is 24.6 Å². The molecule has 4 heterocycles. The molecule has 3 aromatic rings. The summed E-state index contributed by atoms with van der Waals surface area (Å²) in [6.45, 7) is 7.08. The topological polar surface area (TPSA) is 75.4 Å². The van der Waals surface area contributed by atoms with Gasteiger partial charge in [0.2, 0.25) is 0 Å². The first kappa shape index (κ1) is 18.5. The third-order valence-electron chi connectivity index (χ3n) is 5.91. The SMILES string of the molecule is Cc1ccc2cc(-c3nccn3CC3(O)CCNC3)c(N3CCOCC3)nc2c1. The van der Waals surface area contributed by atoms with E-state index in [4.69, 9.17) is 9.72 Å². The van der Waals surface area contributed by atoms with E-state index in [1.165, 1.54) is 5.56 Å². The van der Waals surface area contributed by atoms with Gasteiger partial charge in [-0.2, -0.15) is 0 Å². The summed E-state index contributed by atoms with van der Waals surface area (Å²) in [6, 6.07) is 8.54. The van der Waals surface area contributed by atoms with Gasteiger partial charge in [-0.3, -0.25) is 0 Å². The minimum atomic E-state index is -0.740. The van der Waals surface area contributed by atoms with E-state index < -0.39 is 5.60 Å². The summed E-state index contributed by atoms with van der Waals surface area (Å²) >= 11 is 0. The highest BCUT2D eigenvalue weighted by Gasteiger charge is 2.32. The Bertz CT molecular complexity index is 1020. The molecule has 2 aliphatic rings. The average molecular weight is 393 g/mol. The Morgan fingerprint density at radius 1 is 1.24 bits per heavy atom. The van der Waals surface area contributed by atoms with Crippen molar-refractivity contribution in [2.24, 2.45) is 0 Å². The highest BCUT2D eigenvalue weighted by atomic mass is 16.5. The summed E-state index contributed by atoms with van der Waals surface area (Å²) in [5.74, 6) is 1.79. The van der Waals surface area contributed by atoms with E-state index in [0.717, 1.165) is 54.2 Å². The maximum absolute atomic E-state index is 10.9. The van der Waals surface area contributed by atoms with Crippen LogP contribution in [0.2, 0.25) is 0 Å². The van der Waals surface area contributed by atoms with Crippen molar-refractivity contribution in [1.29, 1.82) is 0 Å². The fourth-order valence-electron chi connectivity index (χ4n) is 4.31. The van der Waals surface area contributed by atoms with Crippen molar-refractivity contribution in [3.63, 3.8) is 0 Å². The van der Waals surface area contributed by atoms with E-state index in [1.54, 1.807) is 0 Å². The first-order valence-electron chi connectivity index (χ1n) is 10.3. The van der Waals surface area contributed by atoms with Crippen molar-refractivity contribution in [2.75, 3.05) is 44.3 Å². The fourth-order valence-corrected chi connectivity index (χ4v) is 4.31. The number of aromatic nitrogens is 3. The van der Waals surface area contributed by atoms with E-state index in [-0.39, 0.29) is 0 Å². The number of hydrogen-bond acceptors (Lipinski definition) is 6. The number of aliphatic hydroxyl groups is 1. The number of benzene rings is 1. The van der Waals surface area contributed by atoms with Crippen molar-refractivity contribution in [3.05, 3.63) is 42.2 Å². The van der Waals surface area contributed by atoms with Gasteiger partial charge in [0.15, 0.2) is 0 Å². The van der Waals surface area contributed by atoms with Crippen LogP contribution in [0.15, 0.2) is 36.7 Å². The predicted octanol–water partition coefficient (Wildman–Crippen LogP) is 1.97. The molecule has 2 N–H and O–H groups in total. The number of morpholine rings is 1. The number of nitrogens with one attached hydrogen (secondary N) is 1. The van der Waals surface area contributed by atoms with Gasteiger partial charge in [-0.1, -0.05) is 12.1 Å². The summed E-state index contributed by atoms with van der Waals surface area (Å²) in [4.78, 5) is 12.0. The molecule has 2 saturated heterocycles. The summed E-state index contributed by atoms with van der Waals surface area (Å²) in [6.07, 6.45) is 4.51. The number of imidazole rings is 1. The summed E-state index contributed by atoms with van der Waals surface area (Å²) in [5.41, 5.74) is 2.45. The zero-order valence-corrected chi connectivity index (χ0v) is 16.8. The number of fused-ring (bicyclic) bond motifs is 1. The van der Waals surface area contributed by atoms with E-state index in [1.807, 2.05) is 12.4 Å². The Hall–Kier alpha value is -2.48. The quantitative estimate of drug-likeness (QED) is 0.706. The third kappa shape index (κ3) is 3.61. The van der Waals surface area contributed by atoms with Crippen LogP contribution in [0.25, 0.3) is 22.3 Å². The smallest absolute Gasteiger partial charge is 0.143 e.